The molecule has 0 aliphatic carbocycles. The zero-order valence-electron chi connectivity index (χ0n) is 17.0. The zero-order valence-corrected chi connectivity index (χ0v) is 18.6. The third-order valence-corrected chi connectivity index (χ3v) is 5.09. The normalized spacial score (nSPS) is 14.6. The minimum Gasteiger partial charge on any atom is -0.444 e. The number of carbonyl (C=O) groups excluding carboxylic acids is 3. The predicted octanol–water partition coefficient (Wildman–Crippen LogP) is 2.58. The third-order valence-electron chi connectivity index (χ3n) is 4.66. The van der Waals surface area contributed by atoms with Crippen LogP contribution in [0.25, 0.3) is 0 Å². The first-order chi connectivity index (χ1) is 14.3. The average molecular weight is 477 g/mol. The van der Waals surface area contributed by atoms with Gasteiger partial charge in [0.1, 0.15) is 0 Å². The number of nitrogens with zero attached hydrogens (tertiary/aromatic N) is 2. The van der Waals surface area contributed by atoms with Crippen LogP contribution in [0.1, 0.15) is 34.8 Å². The predicted molar refractivity (Wildman–Crippen MR) is 116 cm³/mol. The Morgan fingerprint density at radius 3 is 2.27 bits per heavy atom. The van der Waals surface area contributed by atoms with E-state index in [1.54, 1.807) is 41.3 Å². The first-order valence-electron chi connectivity index (χ1n) is 9.79. The number of piperazine rings is 1. The van der Waals surface area contributed by atoms with Gasteiger partial charge >= 0.3 is 0 Å². The molecule has 2 heterocycles. The lowest BCUT2D eigenvalue weighted by Crippen LogP contribution is -2.51. The number of hydrogen-bond acceptors (Lipinski definition) is 5. The molecule has 0 bridgehead atoms. The fraction of sp³-hybridized carbons (Fsp3) is 0.381. The summed E-state index contributed by atoms with van der Waals surface area (Å²) in [6.45, 7) is 6.66. The maximum atomic E-state index is 12.8. The van der Waals surface area contributed by atoms with Crippen LogP contribution in [0.3, 0.4) is 0 Å². The number of furan rings is 1. The van der Waals surface area contributed by atoms with Crippen molar-refractivity contribution >= 4 is 39.3 Å². The van der Waals surface area contributed by atoms with E-state index in [1.807, 2.05) is 18.7 Å². The Labute approximate surface area is 183 Å². The van der Waals surface area contributed by atoms with Gasteiger partial charge in [-0.3, -0.25) is 19.3 Å². The van der Waals surface area contributed by atoms with Gasteiger partial charge in [0.2, 0.25) is 5.91 Å². The van der Waals surface area contributed by atoms with Crippen LogP contribution in [0, 0.1) is 0 Å². The summed E-state index contributed by atoms with van der Waals surface area (Å²) in [7, 11) is 0. The Bertz CT molecular complexity index is 902. The molecule has 3 amide bonds. The van der Waals surface area contributed by atoms with Gasteiger partial charge in [0.05, 0.1) is 6.54 Å². The molecule has 160 valence electrons. The molecular weight excluding hydrogens is 452 g/mol. The molecule has 9 heteroatoms. The van der Waals surface area contributed by atoms with Crippen LogP contribution < -0.4 is 10.6 Å². The molecular formula is C21H25BrN4O4. The van der Waals surface area contributed by atoms with Gasteiger partial charge in [0, 0.05) is 43.5 Å². The van der Waals surface area contributed by atoms with Crippen molar-refractivity contribution in [2.75, 3.05) is 38.0 Å². The molecule has 0 atom stereocenters. The first kappa shape index (κ1) is 22.0. The van der Waals surface area contributed by atoms with Gasteiger partial charge in [-0.1, -0.05) is 0 Å². The Balaban J connectivity index is 1.50. The Morgan fingerprint density at radius 1 is 1.03 bits per heavy atom. The van der Waals surface area contributed by atoms with E-state index in [0.717, 1.165) is 0 Å². The lowest BCUT2D eigenvalue weighted by Gasteiger charge is -2.34. The summed E-state index contributed by atoms with van der Waals surface area (Å²) in [5.41, 5.74) is 1.13. The minimum atomic E-state index is -0.364. The molecule has 0 radical (unpaired) electrons. The SMILES string of the molecule is CC(C)NC(=O)CN1CCN(C(=O)c2ccc(NC(=O)c3ccc(Br)o3)cc2)CC1. The molecule has 30 heavy (non-hydrogen) atoms. The number of anilines is 1. The maximum absolute atomic E-state index is 12.8. The van der Waals surface area contributed by atoms with Gasteiger partial charge < -0.3 is 20.0 Å². The molecule has 1 saturated heterocycles. The summed E-state index contributed by atoms with van der Waals surface area (Å²) in [6, 6.07) is 10.1. The second-order valence-electron chi connectivity index (χ2n) is 7.43. The largest absolute Gasteiger partial charge is 0.444 e. The van der Waals surface area contributed by atoms with Crippen molar-refractivity contribution in [2.24, 2.45) is 0 Å². The van der Waals surface area contributed by atoms with E-state index in [9.17, 15) is 14.4 Å². The Morgan fingerprint density at radius 2 is 1.70 bits per heavy atom. The van der Waals surface area contributed by atoms with E-state index < -0.39 is 0 Å². The fourth-order valence-electron chi connectivity index (χ4n) is 3.19. The zero-order chi connectivity index (χ0) is 21.7. The van der Waals surface area contributed by atoms with Crippen LogP contribution in [0.5, 0.6) is 0 Å². The first-order valence-corrected chi connectivity index (χ1v) is 10.6. The van der Waals surface area contributed by atoms with Gasteiger partial charge in [-0.05, 0) is 66.2 Å². The van der Waals surface area contributed by atoms with Gasteiger partial charge in [-0.15, -0.1) is 0 Å². The second-order valence-corrected chi connectivity index (χ2v) is 8.21. The van der Waals surface area contributed by atoms with Crippen molar-refractivity contribution < 1.29 is 18.8 Å². The van der Waals surface area contributed by atoms with Gasteiger partial charge in [0.25, 0.3) is 11.8 Å². The number of hydrogen-bond donors (Lipinski definition) is 2. The topological polar surface area (TPSA) is 94.9 Å². The number of carbonyl (C=O) groups is 3. The van der Waals surface area contributed by atoms with Crippen LogP contribution in [0.2, 0.25) is 0 Å². The lowest BCUT2D eigenvalue weighted by atomic mass is 10.1. The van der Waals surface area contributed by atoms with E-state index in [-0.39, 0.29) is 29.5 Å². The van der Waals surface area contributed by atoms with E-state index in [1.165, 1.54) is 0 Å². The molecule has 0 spiro atoms. The van der Waals surface area contributed by atoms with E-state index in [4.69, 9.17) is 4.42 Å². The Kier molecular flexibility index (Phi) is 7.28. The number of nitrogens with one attached hydrogen (secondary N) is 2. The van der Waals surface area contributed by atoms with Crippen LogP contribution in [0.15, 0.2) is 45.5 Å². The van der Waals surface area contributed by atoms with Gasteiger partial charge in [-0.2, -0.15) is 0 Å². The van der Waals surface area contributed by atoms with Crippen LogP contribution in [0.4, 0.5) is 5.69 Å². The Hall–Kier alpha value is -2.65. The maximum Gasteiger partial charge on any atom is 0.291 e. The van der Waals surface area contributed by atoms with E-state index >= 15 is 0 Å². The summed E-state index contributed by atoms with van der Waals surface area (Å²) in [4.78, 5) is 40.6. The smallest absolute Gasteiger partial charge is 0.291 e. The summed E-state index contributed by atoms with van der Waals surface area (Å²) < 4.78 is 5.71. The highest BCUT2D eigenvalue weighted by molar-refractivity contribution is 9.10. The fourth-order valence-corrected chi connectivity index (χ4v) is 3.49. The van der Waals surface area contributed by atoms with Gasteiger partial charge in [-0.25, -0.2) is 0 Å². The lowest BCUT2D eigenvalue weighted by molar-refractivity contribution is -0.123. The van der Waals surface area contributed by atoms with Crippen LogP contribution in [-0.2, 0) is 4.79 Å². The van der Waals surface area contributed by atoms with Crippen LogP contribution in [-0.4, -0.2) is 66.3 Å². The standard InChI is InChI=1S/C21H25BrN4O4/c1-14(2)23-19(27)13-25-9-11-26(12-10-25)21(29)15-3-5-16(6-4-15)24-20(28)17-7-8-18(22)30-17/h3-8,14H,9-13H2,1-2H3,(H,23,27)(H,24,28). The number of halogens is 1. The molecule has 1 fully saturated rings. The third kappa shape index (κ3) is 5.93. The summed E-state index contributed by atoms with van der Waals surface area (Å²) in [6.07, 6.45) is 0. The molecule has 0 unspecified atom stereocenters. The minimum absolute atomic E-state index is 0.00400. The van der Waals surface area contributed by atoms with Gasteiger partial charge in [0.15, 0.2) is 10.4 Å². The molecule has 0 saturated carbocycles. The second kappa shape index (κ2) is 9.90. The van der Waals surface area contributed by atoms with Crippen molar-refractivity contribution in [2.45, 2.75) is 19.9 Å². The molecule has 1 aliphatic rings. The highest BCUT2D eigenvalue weighted by Gasteiger charge is 2.23. The molecule has 8 nitrogen and oxygen atoms in total. The van der Waals surface area contributed by atoms with Crippen molar-refractivity contribution in [3.8, 4) is 0 Å². The van der Waals surface area contributed by atoms with Crippen LogP contribution >= 0.6 is 15.9 Å². The van der Waals surface area contributed by atoms with E-state index in [0.29, 0.717) is 48.6 Å². The van der Waals surface area contributed by atoms with Crippen molar-refractivity contribution in [3.05, 3.63) is 52.4 Å². The molecule has 1 aliphatic heterocycles. The highest BCUT2D eigenvalue weighted by Crippen LogP contribution is 2.17. The molecule has 3 rings (SSSR count). The number of rotatable bonds is 6. The quantitative estimate of drug-likeness (QED) is 0.667. The highest BCUT2D eigenvalue weighted by atomic mass is 79.9. The number of amides is 3. The number of benzene rings is 1. The molecule has 1 aromatic carbocycles. The summed E-state index contributed by atoms with van der Waals surface area (Å²) >= 11 is 3.16. The van der Waals surface area contributed by atoms with Crippen molar-refractivity contribution in [1.82, 2.24) is 15.1 Å². The molecule has 2 aromatic rings. The molecule has 2 N–H and O–H groups in total. The van der Waals surface area contributed by atoms with Crippen molar-refractivity contribution in [1.29, 1.82) is 0 Å². The average Bonchev–Trinajstić information content (AvgIpc) is 3.14. The summed E-state index contributed by atoms with van der Waals surface area (Å²) in [5.74, 6) is -0.224. The molecule has 1 aromatic heterocycles. The van der Waals surface area contributed by atoms with E-state index in [2.05, 4.69) is 26.6 Å². The summed E-state index contributed by atoms with van der Waals surface area (Å²) in [5, 5.41) is 5.61. The monoisotopic (exact) mass is 476 g/mol. The van der Waals surface area contributed by atoms with Crippen molar-refractivity contribution in [3.63, 3.8) is 0 Å².